The Morgan fingerprint density at radius 3 is 2.48 bits per heavy atom. The first-order valence-electron chi connectivity index (χ1n) is 10.2. The van der Waals surface area contributed by atoms with E-state index in [-0.39, 0.29) is 17.8 Å². The maximum absolute atomic E-state index is 14.3. The molecule has 29 heavy (non-hydrogen) atoms. The van der Waals surface area contributed by atoms with Crippen LogP contribution in [0.4, 0.5) is 14.8 Å². The summed E-state index contributed by atoms with van der Waals surface area (Å²) in [5, 5.41) is 10.5. The summed E-state index contributed by atoms with van der Waals surface area (Å²) in [6, 6.07) is 8.07. The van der Waals surface area contributed by atoms with Crippen LogP contribution in [0.15, 0.2) is 34.7 Å². The Balaban J connectivity index is 1.22. The zero-order valence-corrected chi connectivity index (χ0v) is 16.3. The van der Waals surface area contributed by atoms with Crippen LogP contribution in [0.2, 0.25) is 0 Å². The summed E-state index contributed by atoms with van der Waals surface area (Å²) in [7, 11) is 0. The number of halogens is 2. The van der Waals surface area contributed by atoms with Gasteiger partial charge in [0.15, 0.2) is 0 Å². The number of likely N-dealkylation sites (tertiary alicyclic amines) is 1. The molecule has 2 heterocycles. The van der Waals surface area contributed by atoms with E-state index in [1.165, 1.54) is 12.8 Å². The molecule has 8 heteroatoms. The minimum Gasteiger partial charge on any atom is -0.408 e. The lowest BCUT2D eigenvalue weighted by Gasteiger charge is -2.33. The van der Waals surface area contributed by atoms with Crippen molar-refractivity contribution in [2.75, 3.05) is 18.4 Å². The quantitative estimate of drug-likeness (QED) is 0.824. The summed E-state index contributed by atoms with van der Waals surface area (Å²) in [5.74, 6) is -5.13. The Bertz CT molecular complexity index is 902. The maximum atomic E-state index is 14.3. The average Bonchev–Trinajstić information content (AvgIpc) is 3.53. The molecular formula is C21H24F2N4O2. The average molecular weight is 402 g/mol. The molecule has 3 fully saturated rings. The maximum Gasteiger partial charge on any atom is 0.316 e. The summed E-state index contributed by atoms with van der Waals surface area (Å²) in [4.78, 5) is 14.5. The highest BCUT2D eigenvalue weighted by atomic mass is 19.3. The number of benzene rings is 1. The largest absolute Gasteiger partial charge is 0.408 e. The first-order chi connectivity index (χ1) is 13.9. The van der Waals surface area contributed by atoms with Gasteiger partial charge in [-0.15, -0.1) is 5.10 Å². The molecule has 2 saturated carbocycles. The molecule has 1 aliphatic heterocycles. The SMILES string of the molecule is C[C@@H](Nc1nnc([C@H]2[C@H](c3ccccc3)C2(F)F)o1)C(=O)N1CCC2(CC1)CC2. The highest BCUT2D eigenvalue weighted by Gasteiger charge is 2.72. The van der Waals surface area contributed by atoms with E-state index in [4.69, 9.17) is 4.42 Å². The van der Waals surface area contributed by atoms with E-state index < -0.39 is 23.8 Å². The number of piperidine rings is 1. The van der Waals surface area contributed by atoms with Crippen molar-refractivity contribution in [2.24, 2.45) is 5.41 Å². The van der Waals surface area contributed by atoms with Gasteiger partial charge < -0.3 is 14.6 Å². The normalized spacial score (nSPS) is 27.5. The first kappa shape index (κ1) is 18.5. The molecule has 6 nitrogen and oxygen atoms in total. The Labute approximate surface area is 167 Å². The standard InChI is InChI=1S/C21H24F2N4O2/c1-13(18(28)27-11-9-20(7-8-20)10-12-27)24-19-26-25-17(29-19)16-15(21(16,22)23)14-5-3-2-4-6-14/h2-6,13,15-16H,7-12H2,1H3,(H,24,26)/t13-,15+,16-/m1/s1. The van der Waals surface area contributed by atoms with Crippen molar-refractivity contribution in [2.45, 2.75) is 56.4 Å². The van der Waals surface area contributed by atoms with Crippen molar-refractivity contribution in [1.82, 2.24) is 15.1 Å². The van der Waals surface area contributed by atoms with Gasteiger partial charge in [0.25, 0.3) is 5.92 Å². The minimum absolute atomic E-state index is 0.00559. The fourth-order valence-corrected chi connectivity index (χ4v) is 4.53. The number of aromatic nitrogens is 2. The minimum atomic E-state index is -2.92. The number of rotatable bonds is 5. The Hall–Kier alpha value is -2.51. The van der Waals surface area contributed by atoms with Crippen molar-refractivity contribution in [3.8, 4) is 0 Å². The molecule has 1 N–H and O–H groups in total. The van der Waals surface area contributed by atoms with E-state index in [1.807, 2.05) is 4.90 Å². The second-order valence-electron chi connectivity index (χ2n) is 8.68. The van der Waals surface area contributed by atoms with E-state index in [9.17, 15) is 13.6 Å². The Morgan fingerprint density at radius 1 is 1.14 bits per heavy atom. The number of carbonyl (C=O) groups excluding carboxylic acids is 1. The summed E-state index contributed by atoms with van der Waals surface area (Å²) in [6.45, 7) is 3.27. The molecule has 3 atom stereocenters. The van der Waals surface area contributed by atoms with E-state index >= 15 is 0 Å². The van der Waals surface area contributed by atoms with Gasteiger partial charge in [-0.1, -0.05) is 35.4 Å². The van der Waals surface area contributed by atoms with E-state index in [1.54, 1.807) is 37.3 Å². The fourth-order valence-electron chi connectivity index (χ4n) is 4.53. The number of carbonyl (C=O) groups is 1. The number of amides is 1. The van der Waals surface area contributed by atoms with Crippen LogP contribution < -0.4 is 5.32 Å². The molecule has 0 radical (unpaired) electrons. The highest BCUT2D eigenvalue weighted by Crippen LogP contribution is 2.66. The number of hydrogen-bond acceptors (Lipinski definition) is 5. The molecule has 1 aromatic carbocycles. The van der Waals surface area contributed by atoms with Crippen LogP contribution in [0.3, 0.4) is 0 Å². The Morgan fingerprint density at radius 2 is 1.83 bits per heavy atom. The van der Waals surface area contributed by atoms with Gasteiger partial charge >= 0.3 is 6.01 Å². The Kier molecular flexibility index (Phi) is 4.15. The monoisotopic (exact) mass is 402 g/mol. The molecule has 2 aromatic rings. The van der Waals surface area contributed by atoms with Gasteiger partial charge in [0, 0.05) is 13.1 Å². The van der Waals surface area contributed by atoms with E-state index in [2.05, 4.69) is 15.5 Å². The van der Waals surface area contributed by atoms with Gasteiger partial charge in [-0.3, -0.25) is 4.79 Å². The lowest BCUT2D eigenvalue weighted by Crippen LogP contribution is -2.45. The molecule has 2 aliphatic carbocycles. The molecule has 0 unspecified atom stereocenters. The second-order valence-corrected chi connectivity index (χ2v) is 8.68. The zero-order valence-electron chi connectivity index (χ0n) is 16.3. The van der Waals surface area contributed by atoms with Gasteiger partial charge in [0.2, 0.25) is 11.8 Å². The van der Waals surface area contributed by atoms with Gasteiger partial charge in [-0.2, -0.15) is 0 Å². The van der Waals surface area contributed by atoms with Crippen molar-refractivity contribution >= 4 is 11.9 Å². The third-order valence-electron chi connectivity index (χ3n) is 6.72. The molecule has 1 amide bonds. The molecule has 1 spiro atoms. The first-order valence-corrected chi connectivity index (χ1v) is 10.2. The van der Waals surface area contributed by atoms with Crippen LogP contribution in [0.5, 0.6) is 0 Å². The van der Waals surface area contributed by atoms with E-state index in [0.29, 0.717) is 11.0 Å². The number of alkyl halides is 2. The van der Waals surface area contributed by atoms with Gasteiger partial charge in [-0.05, 0) is 43.6 Å². The molecular weight excluding hydrogens is 378 g/mol. The smallest absolute Gasteiger partial charge is 0.316 e. The summed E-state index contributed by atoms with van der Waals surface area (Å²) >= 11 is 0. The summed E-state index contributed by atoms with van der Waals surface area (Å²) in [5.41, 5.74) is 1.05. The van der Waals surface area contributed by atoms with Gasteiger partial charge in [-0.25, -0.2) is 8.78 Å². The lowest BCUT2D eigenvalue weighted by molar-refractivity contribution is -0.133. The highest BCUT2D eigenvalue weighted by molar-refractivity contribution is 5.83. The van der Waals surface area contributed by atoms with Crippen molar-refractivity contribution in [3.63, 3.8) is 0 Å². The molecule has 5 rings (SSSR count). The van der Waals surface area contributed by atoms with Gasteiger partial charge in [0.1, 0.15) is 12.0 Å². The zero-order chi connectivity index (χ0) is 20.2. The van der Waals surface area contributed by atoms with E-state index in [0.717, 1.165) is 25.9 Å². The molecule has 3 aliphatic rings. The molecule has 0 bridgehead atoms. The topological polar surface area (TPSA) is 71.3 Å². The van der Waals surface area contributed by atoms with Crippen LogP contribution >= 0.6 is 0 Å². The third kappa shape index (κ3) is 3.28. The van der Waals surface area contributed by atoms with Crippen molar-refractivity contribution < 1.29 is 18.0 Å². The van der Waals surface area contributed by atoms with Crippen LogP contribution in [0.25, 0.3) is 0 Å². The molecule has 1 saturated heterocycles. The van der Waals surface area contributed by atoms with Crippen LogP contribution in [0, 0.1) is 5.41 Å². The van der Waals surface area contributed by atoms with Crippen LogP contribution in [0.1, 0.15) is 55.9 Å². The van der Waals surface area contributed by atoms with Crippen LogP contribution in [-0.2, 0) is 4.79 Å². The van der Waals surface area contributed by atoms with Crippen molar-refractivity contribution in [1.29, 1.82) is 0 Å². The molecule has 154 valence electrons. The predicted octanol–water partition coefficient (Wildman–Crippen LogP) is 3.79. The summed E-state index contributed by atoms with van der Waals surface area (Å²) < 4.78 is 34.1. The second kappa shape index (κ2) is 6.50. The summed E-state index contributed by atoms with van der Waals surface area (Å²) in [6.07, 6.45) is 4.69. The fraction of sp³-hybridized carbons (Fsp3) is 0.571. The van der Waals surface area contributed by atoms with Crippen LogP contribution in [-0.4, -0.2) is 46.1 Å². The molecule has 1 aromatic heterocycles. The number of nitrogens with zero attached hydrogens (tertiary/aromatic N) is 3. The predicted molar refractivity (Wildman–Crippen MR) is 102 cm³/mol. The van der Waals surface area contributed by atoms with Gasteiger partial charge in [0.05, 0.1) is 5.92 Å². The number of nitrogens with one attached hydrogen (secondary N) is 1. The third-order valence-corrected chi connectivity index (χ3v) is 6.72. The number of anilines is 1. The number of hydrogen-bond donors (Lipinski definition) is 1. The lowest BCUT2D eigenvalue weighted by atomic mass is 9.93. The van der Waals surface area contributed by atoms with Crippen molar-refractivity contribution in [3.05, 3.63) is 41.8 Å².